The van der Waals surface area contributed by atoms with Crippen LogP contribution in [0.4, 0.5) is 0 Å². The molecule has 0 radical (unpaired) electrons. The van der Waals surface area contributed by atoms with Gasteiger partial charge in [0.2, 0.25) is 0 Å². The number of aromatic nitrogens is 4. The summed E-state index contributed by atoms with van der Waals surface area (Å²) < 4.78 is 3.86. The zero-order valence-electron chi connectivity index (χ0n) is 15.4. The number of alkyl halides is 2. The van der Waals surface area contributed by atoms with Crippen LogP contribution in [-0.2, 0) is 7.05 Å². The predicted octanol–water partition coefficient (Wildman–Crippen LogP) is 0.485. The summed E-state index contributed by atoms with van der Waals surface area (Å²) in [5.74, 6) is 0. The van der Waals surface area contributed by atoms with Crippen LogP contribution in [0.15, 0.2) is 54.6 Å². The van der Waals surface area contributed by atoms with Gasteiger partial charge in [-0.3, -0.25) is 0 Å². The Morgan fingerprint density at radius 1 is 0.964 bits per heavy atom. The number of hydrogen-bond donors (Lipinski definition) is 1. The molecule has 6 rings (SSSR count). The molecule has 0 amide bonds. The van der Waals surface area contributed by atoms with Gasteiger partial charge in [-0.2, -0.15) is 0 Å². The van der Waals surface area contributed by atoms with Crippen molar-refractivity contribution >= 4 is 11.0 Å². The number of halogens is 1. The van der Waals surface area contributed by atoms with Crippen molar-refractivity contribution in [2.24, 2.45) is 7.05 Å². The zero-order valence-corrected chi connectivity index (χ0v) is 17.6. The fraction of sp³-hybridized carbons (Fsp3) is 0.227. The molecule has 2 fully saturated rings. The average Bonchev–Trinajstić information content (AvgIpc) is 3.66. The molecular weight excluding hydrogens is 461 g/mol. The minimum absolute atomic E-state index is 0.219. The molecule has 2 aliphatic rings. The molecule has 0 saturated carbocycles. The molecule has 2 aromatic heterocycles. The molecule has 2 unspecified atom stereocenters. The van der Waals surface area contributed by atoms with E-state index in [-0.39, 0.29) is 21.2 Å². The number of rotatable bonds is 4. The van der Waals surface area contributed by atoms with E-state index in [0.717, 1.165) is 34.7 Å². The Kier molecular flexibility index (Phi) is 3.77. The Bertz CT molecular complexity index is 1180. The molecule has 28 heavy (non-hydrogen) atoms. The summed E-state index contributed by atoms with van der Waals surface area (Å²) in [4.78, 5) is 0. The molecule has 4 heterocycles. The number of aryl methyl sites for hydroxylation is 1. The Morgan fingerprint density at radius 2 is 1.68 bits per heavy atom. The fourth-order valence-electron chi connectivity index (χ4n) is 3.83. The van der Waals surface area contributed by atoms with Crippen LogP contribution in [-0.4, -0.2) is 31.0 Å². The van der Waals surface area contributed by atoms with E-state index in [1.165, 1.54) is 20.9 Å². The van der Waals surface area contributed by atoms with Gasteiger partial charge in [0.1, 0.15) is 0 Å². The van der Waals surface area contributed by atoms with E-state index >= 15 is 0 Å². The number of benzene rings is 2. The Balaban J connectivity index is 1.59. The maximum absolute atomic E-state index is 4.87. The van der Waals surface area contributed by atoms with Crippen LogP contribution in [0.5, 0.6) is 0 Å². The quantitative estimate of drug-likeness (QED) is 0.262. The first-order chi connectivity index (χ1) is 13.8. The van der Waals surface area contributed by atoms with E-state index in [0.29, 0.717) is 9.97 Å². The second kappa shape index (κ2) is 6.35. The average molecular weight is 480 g/mol. The van der Waals surface area contributed by atoms with Crippen molar-refractivity contribution in [1.82, 2.24) is 25.3 Å². The van der Waals surface area contributed by atoms with Gasteiger partial charge < -0.3 is 0 Å². The van der Waals surface area contributed by atoms with E-state index in [2.05, 4.69) is 64.0 Å². The van der Waals surface area contributed by atoms with Crippen LogP contribution in [0.25, 0.3) is 33.5 Å². The first kappa shape index (κ1) is 16.6. The van der Waals surface area contributed by atoms with Crippen molar-refractivity contribution in [2.45, 2.75) is 9.97 Å². The van der Waals surface area contributed by atoms with E-state index in [1.54, 1.807) is 0 Å². The first-order valence-corrected chi connectivity index (χ1v) is 12.3. The van der Waals surface area contributed by atoms with Gasteiger partial charge in [0.25, 0.3) is 0 Å². The number of hydrogen-bond acceptors (Lipinski definition) is 4. The maximum atomic E-state index is 4.87. The Hall–Kier alpha value is -2.32. The van der Waals surface area contributed by atoms with Crippen molar-refractivity contribution in [2.75, 3.05) is 11.0 Å². The Labute approximate surface area is 173 Å². The third-order valence-corrected chi connectivity index (χ3v) is 7.83. The van der Waals surface area contributed by atoms with Gasteiger partial charge >= 0.3 is 174 Å². The summed E-state index contributed by atoms with van der Waals surface area (Å²) in [5, 5.41) is 18.7. The van der Waals surface area contributed by atoms with Gasteiger partial charge in [-0.05, 0) is 0 Å². The normalized spacial score (nSPS) is 20.8. The second-order valence-corrected chi connectivity index (χ2v) is 10.6. The standard InChI is InChI=1S/C22H19IN5/c1-28-22-19(21(27-28)15-9-7-13(8-10-15)17-12-24-17)18(16-11-23-16)20(25-26-22)14-5-3-2-4-6-14/h2-10,16-17,24H,11-12H2,1H3/q-1. The van der Waals surface area contributed by atoms with Crippen molar-refractivity contribution < 1.29 is 21.2 Å². The van der Waals surface area contributed by atoms with Gasteiger partial charge in [-0.25, -0.2) is 0 Å². The molecule has 2 atom stereocenters. The van der Waals surface area contributed by atoms with Gasteiger partial charge in [0, 0.05) is 0 Å². The molecular formula is C22H19IN5-. The Morgan fingerprint density at radius 3 is 2.36 bits per heavy atom. The molecule has 1 N–H and O–H groups in total. The van der Waals surface area contributed by atoms with Crippen molar-refractivity contribution in [3.8, 4) is 22.5 Å². The van der Waals surface area contributed by atoms with E-state index in [4.69, 9.17) is 5.10 Å². The third-order valence-electron chi connectivity index (χ3n) is 5.45. The zero-order chi connectivity index (χ0) is 18.7. The van der Waals surface area contributed by atoms with Crippen LogP contribution >= 0.6 is 0 Å². The van der Waals surface area contributed by atoms with Crippen molar-refractivity contribution in [1.29, 1.82) is 0 Å². The SMILES string of the molecule is Cn1nc(-c2ccc(C3CN3)cc2)c2c(C3C[I-]3)c(-c3ccccc3)nnc21. The van der Waals surface area contributed by atoms with Crippen LogP contribution in [0.3, 0.4) is 0 Å². The topological polar surface area (TPSA) is 65.5 Å². The van der Waals surface area contributed by atoms with E-state index < -0.39 is 0 Å². The summed E-state index contributed by atoms with van der Waals surface area (Å²) in [6.07, 6.45) is 0. The second-order valence-electron chi connectivity index (χ2n) is 7.36. The van der Waals surface area contributed by atoms with Crippen molar-refractivity contribution in [3.05, 3.63) is 65.7 Å². The van der Waals surface area contributed by atoms with E-state index in [9.17, 15) is 0 Å². The summed E-state index contributed by atoms with van der Waals surface area (Å²) in [6, 6.07) is 19.8. The third kappa shape index (κ3) is 2.74. The molecule has 2 aliphatic heterocycles. The van der Waals surface area contributed by atoms with Gasteiger partial charge in [-0.1, -0.05) is 0 Å². The molecule has 6 heteroatoms. The molecule has 140 valence electrons. The van der Waals surface area contributed by atoms with Crippen LogP contribution < -0.4 is 26.5 Å². The summed E-state index contributed by atoms with van der Waals surface area (Å²) in [6.45, 7) is 1.08. The predicted molar refractivity (Wildman–Crippen MR) is 106 cm³/mol. The molecule has 5 nitrogen and oxygen atoms in total. The number of nitrogens with one attached hydrogen (secondary N) is 1. The molecule has 0 aliphatic carbocycles. The van der Waals surface area contributed by atoms with Crippen molar-refractivity contribution in [3.63, 3.8) is 0 Å². The molecule has 4 aromatic rings. The molecule has 0 spiro atoms. The summed E-state index contributed by atoms with van der Waals surface area (Å²) in [5.41, 5.74) is 7.96. The van der Waals surface area contributed by atoms with Gasteiger partial charge in [-0.15, -0.1) is 0 Å². The van der Waals surface area contributed by atoms with Crippen LogP contribution in [0.1, 0.15) is 21.1 Å². The first-order valence-electron chi connectivity index (χ1n) is 9.50. The monoisotopic (exact) mass is 480 g/mol. The number of nitrogens with zero attached hydrogens (tertiary/aromatic N) is 4. The number of fused-ring (bicyclic) bond motifs is 1. The fourth-order valence-corrected chi connectivity index (χ4v) is 5.57. The van der Waals surface area contributed by atoms with Crippen LogP contribution in [0, 0.1) is 0 Å². The minimum atomic E-state index is 0.219. The summed E-state index contributed by atoms with van der Waals surface area (Å²) >= 11 is 0.219. The van der Waals surface area contributed by atoms with Gasteiger partial charge in [0.15, 0.2) is 0 Å². The van der Waals surface area contributed by atoms with Crippen LogP contribution in [0.2, 0.25) is 0 Å². The van der Waals surface area contributed by atoms with Gasteiger partial charge in [0.05, 0.1) is 0 Å². The van der Waals surface area contributed by atoms with E-state index in [1.807, 2.05) is 17.8 Å². The molecule has 2 saturated heterocycles. The molecule has 0 bridgehead atoms. The molecule has 2 aromatic carbocycles. The summed E-state index contributed by atoms with van der Waals surface area (Å²) in [7, 11) is 1.97.